The van der Waals surface area contributed by atoms with E-state index in [1.165, 1.54) is 0 Å². The predicted octanol–water partition coefficient (Wildman–Crippen LogP) is 2.30. The lowest BCUT2D eigenvalue weighted by Gasteiger charge is -2.15. The first-order chi connectivity index (χ1) is 7.76. The molecule has 16 heavy (non-hydrogen) atoms. The molecule has 0 heterocycles. The quantitative estimate of drug-likeness (QED) is 0.429. The van der Waals surface area contributed by atoms with Gasteiger partial charge in [0.15, 0.2) is 0 Å². The molecule has 1 aromatic carbocycles. The molecular formula is C11H13N5. The highest BCUT2D eigenvalue weighted by atomic mass is 15.2. The Hall–Kier alpha value is -2.02. The van der Waals surface area contributed by atoms with Crippen molar-refractivity contribution in [3.05, 3.63) is 45.8 Å². The lowest BCUT2D eigenvalue weighted by Crippen LogP contribution is -2.20. The first kappa shape index (κ1) is 12.1. The van der Waals surface area contributed by atoms with Crippen molar-refractivity contribution in [1.82, 2.24) is 4.90 Å². The van der Waals surface area contributed by atoms with Gasteiger partial charge in [-0.15, -0.1) is 0 Å². The van der Waals surface area contributed by atoms with E-state index in [4.69, 9.17) is 10.8 Å². The van der Waals surface area contributed by atoms with Crippen molar-refractivity contribution < 1.29 is 0 Å². The van der Waals surface area contributed by atoms with Crippen molar-refractivity contribution in [1.29, 1.82) is 5.26 Å². The number of hydrogen-bond acceptors (Lipinski definition) is 3. The second-order valence-electron chi connectivity index (χ2n) is 3.50. The molecule has 0 bridgehead atoms. The number of hydrogen-bond donors (Lipinski definition) is 0. The SMILES string of the molecule is CN(CCN=[N+]=[N-])Cc1cccc(C#N)c1. The Labute approximate surface area is 94.5 Å². The Bertz CT molecular complexity index is 428. The summed E-state index contributed by atoms with van der Waals surface area (Å²) in [6.07, 6.45) is 0. The van der Waals surface area contributed by atoms with Gasteiger partial charge in [-0.2, -0.15) is 5.26 Å². The van der Waals surface area contributed by atoms with E-state index in [-0.39, 0.29) is 0 Å². The van der Waals surface area contributed by atoms with Crippen LogP contribution in [-0.2, 0) is 6.54 Å². The van der Waals surface area contributed by atoms with Crippen molar-refractivity contribution in [2.45, 2.75) is 6.54 Å². The maximum Gasteiger partial charge on any atom is 0.0991 e. The summed E-state index contributed by atoms with van der Waals surface area (Å²) < 4.78 is 0. The number of benzene rings is 1. The van der Waals surface area contributed by atoms with Crippen LogP contribution in [0, 0.1) is 11.3 Å². The first-order valence-electron chi connectivity index (χ1n) is 4.94. The Morgan fingerprint density at radius 2 is 2.38 bits per heavy atom. The summed E-state index contributed by atoms with van der Waals surface area (Å²) in [6.45, 7) is 1.92. The van der Waals surface area contributed by atoms with Crippen molar-refractivity contribution >= 4 is 0 Å². The topological polar surface area (TPSA) is 75.8 Å². The maximum absolute atomic E-state index is 8.75. The molecule has 0 aliphatic heterocycles. The van der Waals surface area contributed by atoms with Crippen LogP contribution in [-0.4, -0.2) is 25.0 Å². The van der Waals surface area contributed by atoms with Crippen LogP contribution in [0.5, 0.6) is 0 Å². The largest absolute Gasteiger partial charge is 0.302 e. The van der Waals surface area contributed by atoms with Gasteiger partial charge in [0.25, 0.3) is 0 Å². The van der Waals surface area contributed by atoms with Gasteiger partial charge in [-0.1, -0.05) is 17.2 Å². The normalized spacial score (nSPS) is 9.56. The van der Waals surface area contributed by atoms with E-state index < -0.39 is 0 Å². The maximum atomic E-state index is 8.75. The molecule has 0 saturated carbocycles. The van der Waals surface area contributed by atoms with E-state index in [1.807, 2.05) is 30.1 Å². The zero-order chi connectivity index (χ0) is 11.8. The molecule has 5 nitrogen and oxygen atoms in total. The van der Waals surface area contributed by atoms with Crippen LogP contribution in [0.2, 0.25) is 0 Å². The molecule has 0 radical (unpaired) electrons. The number of nitrogens with zero attached hydrogens (tertiary/aromatic N) is 5. The molecule has 0 aliphatic rings. The third kappa shape index (κ3) is 4.01. The Balaban J connectivity index is 2.52. The summed E-state index contributed by atoms with van der Waals surface area (Å²) in [5, 5.41) is 12.2. The van der Waals surface area contributed by atoms with Crippen LogP contribution >= 0.6 is 0 Å². The van der Waals surface area contributed by atoms with Gasteiger partial charge in [0.2, 0.25) is 0 Å². The van der Waals surface area contributed by atoms with Gasteiger partial charge < -0.3 is 4.90 Å². The molecule has 0 aliphatic carbocycles. The summed E-state index contributed by atoms with van der Waals surface area (Å²) in [4.78, 5) is 4.74. The molecule has 0 aromatic heterocycles. The summed E-state index contributed by atoms with van der Waals surface area (Å²) in [5.74, 6) is 0. The van der Waals surface area contributed by atoms with E-state index >= 15 is 0 Å². The molecule has 82 valence electrons. The Morgan fingerprint density at radius 3 is 3.06 bits per heavy atom. The van der Waals surface area contributed by atoms with Crippen LogP contribution < -0.4 is 0 Å². The zero-order valence-electron chi connectivity index (χ0n) is 9.17. The van der Waals surface area contributed by atoms with E-state index in [2.05, 4.69) is 16.1 Å². The van der Waals surface area contributed by atoms with E-state index in [9.17, 15) is 0 Å². The second-order valence-corrected chi connectivity index (χ2v) is 3.50. The molecule has 0 fully saturated rings. The van der Waals surface area contributed by atoms with Crippen LogP contribution in [0.15, 0.2) is 29.4 Å². The minimum absolute atomic E-state index is 0.463. The lowest BCUT2D eigenvalue weighted by molar-refractivity contribution is 0.336. The first-order valence-corrected chi connectivity index (χ1v) is 4.94. The van der Waals surface area contributed by atoms with Crippen molar-refractivity contribution in [2.24, 2.45) is 5.11 Å². The second kappa shape index (κ2) is 6.46. The standard InChI is InChI=1S/C11H13N5/c1-16(6-5-14-15-13)9-11-4-2-3-10(7-11)8-12/h2-4,7H,5-6,9H2,1H3. The fourth-order valence-electron chi connectivity index (χ4n) is 1.39. The van der Waals surface area contributed by atoms with Gasteiger partial charge in [-0.25, -0.2) is 0 Å². The Morgan fingerprint density at radius 1 is 1.56 bits per heavy atom. The average Bonchev–Trinajstić information content (AvgIpc) is 2.29. The van der Waals surface area contributed by atoms with Gasteiger partial charge in [-0.05, 0) is 30.3 Å². The van der Waals surface area contributed by atoms with Crippen LogP contribution in [0.25, 0.3) is 10.4 Å². The van der Waals surface area contributed by atoms with Crippen LogP contribution in [0.3, 0.4) is 0 Å². The Kier molecular flexibility index (Phi) is 4.87. The highest BCUT2D eigenvalue weighted by molar-refractivity contribution is 5.32. The highest BCUT2D eigenvalue weighted by Crippen LogP contribution is 2.06. The molecule has 1 rings (SSSR count). The van der Waals surface area contributed by atoms with Crippen molar-refractivity contribution in [2.75, 3.05) is 20.1 Å². The highest BCUT2D eigenvalue weighted by Gasteiger charge is 2.00. The molecular weight excluding hydrogens is 202 g/mol. The average molecular weight is 215 g/mol. The number of nitriles is 1. The number of likely N-dealkylation sites (N-methyl/N-ethyl adjacent to an activating group) is 1. The third-order valence-corrected chi connectivity index (χ3v) is 2.15. The molecule has 0 N–H and O–H groups in total. The van der Waals surface area contributed by atoms with Crippen molar-refractivity contribution in [3.63, 3.8) is 0 Å². The summed E-state index contributed by atoms with van der Waals surface area (Å²) in [7, 11) is 1.95. The molecule has 0 amide bonds. The van der Waals surface area contributed by atoms with Crippen LogP contribution in [0.1, 0.15) is 11.1 Å². The van der Waals surface area contributed by atoms with Gasteiger partial charge in [0.1, 0.15) is 0 Å². The minimum atomic E-state index is 0.463. The van der Waals surface area contributed by atoms with E-state index in [0.29, 0.717) is 18.7 Å². The van der Waals surface area contributed by atoms with Crippen LogP contribution in [0.4, 0.5) is 0 Å². The smallest absolute Gasteiger partial charge is 0.0991 e. The third-order valence-electron chi connectivity index (χ3n) is 2.15. The van der Waals surface area contributed by atoms with Gasteiger partial charge in [0, 0.05) is 24.5 Å². The van der Waals surface area contributed by atoms with Gasteiger partial charge in [0.05, 0.1) is 11.6 Å². The summed E-state index contributed by atoms with van der Waals surface area (Å²) >= 11 is 0. The fraction of sp³-hybridized carbons (Fsp3) is 0.364. The minimum Gasteiger partial charge on any atom is -0.302 e. The molecule has 0 saturated heterocycles. The van der Waals surface area contributed by atoms with E-state index in [0.717, 1.165) is 12.1 Å². The predicted molar refractivity (Wildman–Crippen MR) is 61.5 cm³/mol. The van der Waals surface area contributed by atoms with E-state index in [1.54, 1.807) is 6.07 Å². The molecule has 0 spiro atoms. The number of rotatable bonds is 5. The van der Waals surface area contributed by atoms with Crippen molar-refractivity contribution in [3.8, 4) is 6.07 Å². The summed E-state index contributed by atoms with van der Waals surface area (Å²) in [5.41, 5.74) is 9.89. The van der Waals surface area contributed by atoms with Gasteiger partial charge >= 0.3 is 0 Å². The fourth-order valence-corrected chi connectivity index (χ4v) is 1.39. The zero-order valence-corrected chi connectivity index (χ0v) is 9.17. The van der Waals surface area contributed by atoms with Gasteiger partial charge in [-0.3, -0.25) is 0 Å². The number of azide groups is 1. The summed E-state index contributed by atoms with van der Waals surface area (Å²) in [6, 6.07) is 9.60. The lowest BCUT2D eigenvalue weighted by atomic mass is 10.1. The monoisotopic (exact) mass is 215 g/mol. The molecule has 1 aromatic rings. The molecule has 5 heteroatoms. The molecule has 0 atom stereocenters. The molecule has 0 unspecified atom stereocenters.